The molecule has 0 aliphatic rings. The number of anilines is 1. The highest BCUT2D eigenvalue weighted by Crippen LogP contribution is 2.12. The molecule has 74 valence electrons. The zero-order chi connectivity index (χ0) is 9.84. The standard InChI is InChI=1S/C10H19N3/c1-5-8(2)6-13-7-9(3)12-10(13)11-4/h7-8H,5-6H2,1-4H3,(H,11,12). The first kappa shape index (κ1) is 10.1. The van der Waals surface area contributed by atoms with Gasteiger partial charge in [-0.3, -0.25) is 0 Å². The smallest absolute Gasteiger partial charge is 0.202 e. The van der Waals surface area contributed by atoms with Crippen LogP contribution in [0.25, 0.3) is 0 Å². The fourth-order valence-electron chi connectivity index (χ4n) is 1.35. The van der Waals surface area contributed by atoms with Gasteiger partial charge in [0.05, 0.1) is 5.69 Å². The first-order valence-corrected chi connectivity index (χ1v) is 4.88. The molecule has 3 nitrogen and oxygen atoms in total. The molecule has 0 aromatic carbocycles. The summed E-state index contributed by atoms with van der Waals surface area (Å²) < 4.78 is 2.18. The van der Waals surface area contributed by atoms with Gasteiger partial charge in [-0.25, -0.2) is 4.98 Å². The highest BCUT2D eigenvalue weighted by Gasteiger charge is 2.06. The normalized spacial score (nSPS) is 12.9. The van der Waals surface area contributed by atoms with Crippen LogP contribution >= 0.6 is 0 Å². The van der Waals surface area contributed by atoms with Gasteiger partial charge in [0, 0.05) is 19.8 Å². The van der Waals surface area contributed by atoms with Gasteiger partial charge in [0.1, 0.15) is 0 Å². The second-order valence-corrected chi connectivity index (χ2v) is 3.62. The summed E-state index contributed by atoms with van der Waals surface area (Å²) in [6.07, 6.45) is 3.30. The molecule has 0 saturated heterocycles. The van der Waals surface area contributed by atoms with Gasteiger partial charge in [0.15, 0.2) is 0 Å². The van der Waals surface area contributed by atoms with Crippen LogP contribution in [-0.4, -0.2) is 16.6 Å². The lowest BCUT2D eigenvalue weighted by atomic mass is 10.1. The van der Waals surface area contributed by atoms with Crippen molar-refractivity contribution < 1.29 is 0 Å². The topological polar surface area (TPSA) is 29.9 Å². The van der Waals surface area contributed by atoms with Crippen LogP contribution in [0, 0.1) is 12.8 Å². The molecule has 1 aromatic rings. The summed E-state index contributed by atoms with van der Waals surface area (Å²) in [5, 5.41) is 3.10. The van der Waals surface area contributed by atoms with E-state index in [0.29, 0.717) is 5.92 Å². The lowest BCUT2D eigenvalue weighted by molar-refractivity contribution is 0.471. The van der Waals surface area contributed by atoms with E-state index in [0.717, 1.165) is 18.2 Å². The summed E-state index contributed by atoms with van der Waals surface area (Å²) >= 11 is 0. The molecule has 0 radical (unpaired) electrons. The molecular formula is C10H19N3. The number of hydrogen-bond acceptors (Lipinski definition) is 2. The van der Waals surface area contributed by atoms with Gasteiger partial charge >= 0.3 is 0 Å². The molecule has 1 aromatic heterocycles. The van der Waals surface area contributed by atoms with Crippen molar-refractivity contribution in [1.29, 1.82) is 0 Å². The van der Waals surface area contributed by atoms with Crippen molar-refractivity contribution >= 4 is 5.95 Å². The molecule has 0 aliphatic carbocycles. The molecule has 0 spiro atoms. The van der Waals surface area contributed by atoms with Crippen LogP contribution in [0.15, 0.2) is 6.20 Å². The van der Waals surface area contributed by atoms with E-state index in [1.165, 1.54) is 6.42 Å². The molecule has 3 heteroatoms. The number of nitrogens with zero attached hydrogens (tertiary/aromatic N) is 2. The van der Waals surface area contributed by atoms with Crippen LogP contribution in [0.4, 0.5) is 5.95 Å². The first-order valence-electron chi connectivity index (χ1n) is 4.88. The van der Waals surface area contributed by atoms with E-state index in [2.05, 4.69) is 34.9 Å². The maximum atomic E-state index is 4.37. The van der Waals surface area contributed by atoms with E-state index < -0.39 is 0 Å². The Labute approximate surface area is 80.2 Å². The molecule has 1 unspecified atom stereocenters. The van der Waals surface area contributed by atoms with Crippen LogP contribution in [0.3, 0.4) is 0 Å². The van der Waals surface area contributed by atoms with Crippen LogP contribution in [0.2, 0.25) is 0 Å². The molecule has 1 N–H and O–H groups in total. The fraction of sp³-hybridized carbons (Fsp3) is 0.700. The zero-order valence-electron chi connectivity index (χ0n) is 8.96. The molecule has 1 rings (SSSR count). The third-order valence-electron chi connectivity index (χ3n) is 2.33. The molecule has 0 aliphatic heterocycles. The second-order valence-electron chi connectivity index (χ2n) is 3.62. The summed E-state index contributed by atoms with van der Waals surface area (Å²) in [4.78, 5) is 4.37. The summed E-state index contributed by atoms with van der Waals surface area (Å²) in [5.41, 5.74) is 1.08. The van der Waals surface area contributed by atoms with Gasteiger partial charge in [0.25, 0.3) is 0 Å². The Morgan fingerprint density at radius 1 is 1.62 bits per heavy atom. The van der Waals surface area contributed by atoms with Crippen molar-refractivity contribution in [2.75, 3.05) is 12.4 Å². The minimum Gasteiger partial charge on any atom is -0.359 e. The average Bonchev–Trinajstić information content (AvgIpc) is 2.46. The van der Waals surface area contributed by atoms with Crippen molar-refractivity contribution in [3.63, 3.8) is 0 Å². The third kappa shape index (κ3) is 2.47. The molecule has 1 heterocycles. The van der Waals surface area contributed by atoms with E-state index in [1.54, 1.807) is 0 Å². The maximum Gasteiger partial charge on any atom is 0.202 e. The SMILES string of the molecule is CCC(C)Cn1cc(C)nc1NC. The van der Waals surface area contributed by atoms with Crippen LogP contribution in [0.5, 0.6) is 0 Å². The van der Waals surface area contributed by atoms with Gasteiger partial charge in [-0.1, -0.05) is 20.3 Å². The van der Waals surface area contributed by atoms with Gasteiger partial charge in [-0.2, -0.15) is 0 Å². The van der Waals surface area contributed by atoms with Crippen LogP contribution < -0.4 is 5.32 Å². The first-order chi connectivity index (χ1) is 6.17. The largest absolute Gasteiger partial charge is 0.359 e. The number of hydrogen-bond donors (Lipinski definition) is 1. The quantitative estimate of drug-likeness (QED) is 0.772. The van der Waals surface area contributed by atoms with Crippen molar-refractivity contribution in [3.8, 4) is 0 Å². The van der Waals surface area contributed by atoms with Gasteiger partial charge < -0.3 is 9.88 Å². The summed E-state index contributed by atoms with van der Waals surface area (Å²) in [5.74, 6) is 1.68. The van der Waals surface area contributed by atoms with Crippen LogP contribution in [0.1, 0.15) is 26.0 Å². The van der Waals surface area contributed by atoms with E-state index in [4.69, 9.17) is 0 Å². The zero-order valence-corrected chi connectivity index (χ0v) is 8.96. The Bertz CT molecular complexity index is 265. The lowest BCUT2D eigenvalue weighted by Gasteiger charge is -2.11. The highest BCUT2D eigenvalue weighted by molar-refractivity contribution is 5.27. The van der Waals surface area contributed by atoms with Gasteiger partial charge in [-0.05, 0) is 12.8 Å². The Kier molecular flexibility index (Phi) is 3.34. The third-order valence-corrected chi connectivity index (χ3v) is 2.33. The molecule has 0 fully saturated rings. The van der Waals surface area contributed by atoms with E-state index in [1.807, 2.05) is 14.0 Å². The van der Waals surface area contributed by atoms with Crippen molar-refractivity contribution in [3.05, 3.63) is 11.9 Å². The Morgan fingerprint density at radius 2 is 2.31 bits per heavy atom. The predicted octanol–water partition coefficient (Wildman–Crippen LogP) is 2.28. The number of nitrogens with one attached hydrogen (secondary N) is 1. The summed E-state index contributed by atoms with van der Waals surface area (Å²) in [6.45, 7) is 7.55. The summed E-state index contributed by atoms with van der Waals surface area (Å²) in [7, 11) is 1.91. The highest BCUT2D eigenvalue weighted by atomic mass is 15.2. The van der Waals surface area contributed by atoms with Crippen molar-refractivity contribution in [1.82, 2.24) is 9.55 Å². The van der Waals surface area contributed by atoms with E-state index in [-0.39, 0.29) is 0 Å². The molecule has 1 atom stereocenters. The number of rotatable bonds is 4. The summed E-state index contributed by atoms with van der Waals surface area (Å²) in [6, 6.07) is 0. The number of aromatic nitrogens is 2. The lowest BCUT2D eigenvalue weighted by Crippen LogP contribution is -2.08. The monoisotopic (exact) mass is 181 g/mol. The van der Waals surface area contributed by atoms with Crippen molar-refractivity contribution in [2.45, 2.75) is 33.7 Å². The van der Waals surface area contributed by atoms with Gasteiger partial charge in [-0.15, -0.1) is 0 Å². The Hall–Kier alpha value is -0.990. The minimum atomic E-state index is 0.709. The second kappa shape index (κ2) is 4.30. The Morgan fingerprint density at radius 3 is 2.85 bits per heavy atom. The van der Waals surface area contributed by atoms with E-state index in [9.17, 15) is 0 Å². The van der Waals surface area contributed by atoms with Crippen LogP contribution in [-0.2, 0) is 6.54 Å². The Balaban J connectivity index is 2.74. The predicted molar refractivity (Wildman–Crippen MR) is 56.0 cm³/mol. The number of imidazole rings is 1. The fourth-order valence-corrected chi connectivity index (χ4v) is 1.35. The minimum absolute atomic E-state index is 0.709. The van der Waals surface area contributed by atoms with E-state index >= 15 is 0 Å². The maximum absolute atomic E-state index is 4.37. The molecule has 13 heavy (non-hydrogen) atoms. The molecular weight excluding hydrogens is 162 g/mol. The molecule has 0 bridgehead atoms. The van der Waals surface area contributed by atoms with Gasteiger partial charge in [0.2, 0.25) is 5.95 Å². The average molecular weight is 181 g/mol. The molecule has 0 amide bonds. The molecule has 0 saturated carbocycles. The number of aryl methyl sites for hydroxylation is 1. The van der Waals surface area contributed by atoms with Crippen molar-refractivity contribution in [2.24, 2.45) is 5.92 Å².